The molecule has 2 aromatic rings. The number of nitrogens with one attached hydrogen (secondary N) is 2. The van der Waals surface area contributed by atoms with Gasteiger partial charge in [-0.3, -0.25) is 9.59 Å². The molecule has 1 aliphatic heterocycles. The Hall–Kier alpha value is -2.31. The van der Waals surface area contributed by atoms with Crippen molar-refractivity contribution in [2.24, 2.45) is 5.92 Å². The minimum Gasteiger partial charge on any atom is -0.459 e. The zero-order chi connectivity index (χ0) is 18.4. The Morgan fingerprint density at radius 2 is 1.96 bits per heavy atom. The minimum atomic E-state index is -0.329. The second-order valence-electron chi connectivity index (χ2n) is 6.64. The van der Waals surface area contributed by atoms with Crippen molar-refractivity contribution in [1.29, 1.82) is 0 Å². The first-order chi connectivity index (χ1) is 12.7. The predicted molar refractivity (Wildman–Crippen MR) is 108 cm³/mol. The summed E-state index contributed by atoms with van der Waals surface area (Å²) in [5.41, 5.74) is 1.18. The fourth-order valence-corrected chi connectivity index (χ4v) is 3.29. The first kappa shape index (κ1) is 21.0. The summed E-state index contributed by atoms with van der Waals surface area (Å²) in [5.74, 6) is 0.618. The van der Waals surface area contributed by atoms with Crippen molar-refractivity contribution in [2.75, 3.05) is 32.0 Å². The molecule has 1 fully saturated rings. The summed E-state index contributed by atoms with van der Waals surface area (Å²) < 4.78 is 5.09. The van der Waals surface area contributed by atoms with Gasteiger partial charge in [-0.15, -0.1) is 12.4 Å². The van der Waals surface area contributed by atoms with Crippen molar-refractivity contribution in [3.05, 3.63) is 54.0 Å². The number of piperidine rings is 1. The smallest absolute Gasteiger partial charge is 0.291 e. The lowest BCUT2D eigenvalue weighted by atomic mass is 9.93. The van der Waals surface area contributed by atoms with Crippen molar-refractivity contribution >= 4 is 29.9 Å². The van der Waals surface area contributed by atoms with Crippen molar-refractivity contribution in [3.63, 3.8) is 0 Å². The monoisotopic (exact) mass is 391 g/mol. The molecule has 6 nitrogen and oxygen atoms in total. The SMILES string of the molecule is CNCCC1CCN(C(=O)c2cccc(NC(=O)c3ccco3)c2)CC1.Cl. The highest BCUT2D eigenvalue weighted by Crippen LogP contribution is 2.22. The van der Waals surface area contributed by atoms with E-state index in [0.717, 1.165) is 38.9 Å². The Kier molecular flexibility index (Phi) is 7.88. The topological polar surface area (TPSA) is 74.6 Å². The zero-order valence-electron chi connectivity index (χ0n) is 15.4. The van der Waals surface area contributed by atoms with Gasteiger partial charge < -0.3 is 20.0 Å². The molecule has 1 aliphatic rings. The van der Waals surface area contributed by atoms with Crippen LogP contribution in [0.1, 0.15) is 40.2 Å². The van der Waals surface area contributed by atoms with Gasteiger partial charge in [-0.2, -0.15) is 0 Å². The first-order valence-electron chi connectivity index (χ1n) is 9.06. The van der Waals surface area contributed by atoms with E-state index in [2.05, 4.69) is 10.6 Å². The molecule has 0 unspecified atom stereocenters. The summed E-state index contributed by atoms with van der Waals surface area (Å²) in [6, 6.07) is 10.3. The third-order valence-electron chi connectivity index (χ3n) is 4.82. The number of anilines is 1. The van der Waals surface area contributed by atoms with E-state index in [-0.39, 0.29) is 30.0 Å². The van der Waals surface area contributed by atoms with E-state index in [0.29, 0.717) is 17.2 Å². The van der Waals surface area contributed by atoms with Gasteiger partial charge in [-0.05, 0) is 69.1 Å². The third kappa shape index (κ3) is 5.58. The van der Waals surface area contributed by atoms with Crippen LogP contribution in [-0.4, -0.2) is 43.4 Å². The van der Waals surface area contributed by atoms with Gasteiger partial charge in [0.1, 0.15) is 0 Å². The molecule has 2 amide bonds. The van der Waals surface area contributed by atoms with E-state index in [1.54, 1.807) is 36.4 Å². The Morgan fingerprint density at radius 3 is 2.63 bits per heavy atom. The molecule has 7 heteroatoms. The fraction of sp³-hybridized carbons (Fsp3) is 0.400. The van der Waals surface area contributed by atoms with Crippen LogP contribution in [0.5, 0.6) is 0 Å². The Bertz CT molecular complexity index is 741. The number of hydrogen-bond acceptors (Lipinski definition) is 4. The molecule has 2 heterocycles. The number of rotatable bonds is 6. The van der Waals surface area contributed by atoms with E-state index >= 15 is 0 Å². The molecule has 2 N–H and O–H groups in total. The molecule has 0 aliphatic carbocycles. The highest BCUT2D eigenvalue weighted by Gasteiger charge is 2.23. The normalized spacial score (nSPS) is 14.5. The van der Waals surface area contributed by atoms with E-state index < -0.39 is 0 Å². The number of benzene rings is 1. The van der Waals surface area contributed by atoms with Crippen LogP contribution in [0.25, 0.3) is 0 Å². The quantitative estimate of drug-likeness (QED) is 0.791. The largest absolute Gasteiger partial charge is 0.459 e. The Balaban J connectivity index is 0.00000261. The summed E-state index contributed by atoms with van der Waals surface area (Å²) in [6.07, 6.45) is 4.70. The van der Waals surface area contributed by atoms with Crippen LogP contribution >= 0.6 is 12.4 Å². The third-order valence-corrected chi connectivity index (χ3v) is 4.82. The maximum Gasteiger partial charge on any atom is 0.291 e. The number of amides is 2. The van der Waals surface area contributed by atoms with Crippen LogP contribution in [0.2, 0.25) is 0 Å². The van der Waals surface area contributed by atoms with Gasteiger partial charge in [0, 0.05) is 24.3 Å². The zero-order valence-corrected chi connectivity index (χ0v) is 16.3. The van der Waals surface area contributed by atoms with Crippen LogP contribution in [0, 0.1) is 5.92 Å². The lowest BCUT2D eigenvalue weighted by Crippen LogP contribution is -2.39. The van der Waals surface area contributed by atoms with Crippen molar-refractivity contribution < 1.29 is 14.0 Å². The Morgan fingerprint density at radius 1 is 1.19 bits per heavy atom. The predicted octanol–water partition coefficient (Wildman–Crippen LogP) is 3.42. The number of furan rings is 1. The van der Waals surface area contributed by atoms with Crippen LogP contribution < -0.4 is 10.6 Å². The van der Waals surface area contributed by atoms with Gasteiger partial charge in [-0.25, -0.2) is 0 Å². The first-order valence-corrected chi connectivity index (χ1v) is 9.06. The number of carbonyl (C=O) groups excluding carboxylic acids is 2. The molecule has 0 radical (unpaired) electrons. The summed E-state index contributed by atoms with van der Waals surface area (Å²) in [5, 5.41) is 5.95. The molecule has 1 aromatic carbocycles. The second-order valence-corrected chi connectivity index (χ2v) is 6.64. The van der Waals surface area contributed by atoms with Crippen molar-refractivity contribution in [1.82, 2.24) is 10.2 Å². The summed E-state index contributed by atoms with van der Waals surface area (Å²) in [6.45, 7) is 2.60. The average molecular weight is 392 g/mol. The molecule has 0 spiro atoms. The van der Waals surface area contributed by atoms with Crippen LogP contribution in [-0.2, 0) is 0 Å². The lowest BCUT2D eigenvalue weighted by molar-refractivity contribution is 0.0687. The van der Waals surface area contributed by atoms with E-state index in [1.807, 2.05) is 11.9 Å². The van der Waals surface area contributed by atoms with Gasteiger partial charge in [0.25, 0.3) is 11.8 Å². The van der Waals surface area contributed by atoms with Gasteiger partial charge in [0.2, 0.25) is 0 Å². The van der Waals surface area contributed by atoms with E-state index in [1.165, 1.54) is 6.26 Å². The second kappa shape index (κ2) is 10.1. The molecular formula is C20H26ClN3O3. The summed E-state index contributed by atoms with van der Waals surface area (Å²) >= 11 is 0. The highest BCUT2D eigenvalue weighted by molar-refractivity contribution is 6.03. The molecule has 1 aromatic heterocycles. The summed E-state index contributed by atoms with van der Waals surface area (Å²) in [7, 11) is 1.97. The minimum absolute atomic E-state index is 0. The van der Waals surface area contributed by atoms with Crippen molar-refractivity contribution in [2.45, 2.75) is 19.3 Å². The van der Waals surface area contributed by atoms with Crippen LogP contribution in [0.4, 0.5) is 5.69 Å². The van der Waals surface area contributed by atoms with Crippen molar-refractivity contribution in [3.8, 4) is 0 Å². The number of likely N-dealkylation sites (tertiary alicyclic amines) is 1. The number of nitrogens with zero attached hydrogens (tertiary/aromatic N) is 1. The molecule has 1 saturated heterocycles. The molecule has 0 saturated carbocycles. The van der Waals surface area contributed by atoms with E-state index in [9.17, 15) is 9.59 Å². The highest BCUT2D eigenvalue weighted by atomic mass is 35.5. The molecule has 0 atom stereocenters. The number of hydrogen-bond donors (Lipinski definition) is 2. The molecule has 0 bridgehead atoms. The van der Waals surface area contributed by atoms with Crippen LogP contribution in [0.3, 0.4) is 0 Å². The molecule has 3 rings (SSSR count). The van der Waals surface area contributed by atoms with Gasteiger partial charge in [0.05, 0.1) is 6.26 Å². The maximum atomic E-state index is 12.8. The van der Waals surface area contributed by atoms with E-state index in [4.69, 9.17) is 4.42 Å². The number of halogens is 1. The maximum absolute atomic E-state index is 12.8. The van der Waals surface area contributed by atoms with Gasteiger partial charge in [-0.1, -0.05) is 6.07 Å². The fourth-order valence-electron chi connectivity index (χ4n) is 3.29. The Labute approximate surface area is 165 Å². The molecular weight excluding hydrogens is 366 g/mol. The van der Waals surface area contributed by atoms with Crippen LogP contribution in [0.15, 0.2) is 47.1 Å². The van der Waals surface area contributed by atoms with Gasteiger partial charge >= 0.3 is 0 Å². The van der Waals surface area contributed by atoms with Gasteiger partial charge in [0.15, 0.2) is 5.76 Å². The average Bonchev–Trinajstić information content (AvgIpc) is 3.21. The molecule has 146 valence electrons. The standard InChI is InChI=1S/C20H25N3O3.ClH/c1-21-10-7-15-8-11-23(12-9-15)20(25)16-4-2-5-17(14-16)22-19(24)18-6-3-13-26-18;/h2-6,13-15,21H,7-12H2,1H3,(H,22,24);1H. The lowest BCUT2D eigenvalue weighted by Gasteiger charge is -2.32. The number of carbonyl (C=O) groups is 2. The summed E-state index contributed by atoms with van der Waals surface area (Å²) in [4.78, 5) is 26.8. The molecule has 27 heavy (non-hydrogen) atoms.